The summed E-state index contributed by atoms with van der Waals surface area (Å²) in [6.07, 6.45) is -1.74. The zero-order valence-corrected chi connectivity index (χ0v) is 13.5. The second-order valence-electron chi connectivity index (χ2n) is 5.28. The number of nitrogens with one attached hydrogen (secondary N) is 1. The van der Waals surface area contributed by atoms with Crippen molar-refractivity contribution in [3.63, 3.8) is 0 Å². The van der Waals surface area contributed by atoms with Gasteiger partial charge in [0.05, 0.1) is 4.92 Å². The molecular weight excluding hydrogens is 359 g/mol. The Labute approximate surface area is 146 Å². The molecule has 0 saturated carbocycles. The van der Waals surface area contributed by atoms with Crippen LogP contribution in [-0.4, -0.2) is 41.4 Å². The van der Waals surface area contributed by atoms with E-state index in [9.17, 15) is 23.3 Å². The molecule has 11 heteroatoms. The second kappa shape index (κ2) is 9.57. The van der Waals surface area contributed by atoms with Crippen LogP contribution in [0.4, 0.5) is 18.9 Å². The molecule has 1 saturated heterocycles. The van der Waals surface area contributed by atoms with Crippen molar-refractivity contribution in [1.29, 1.82) is 5.26 Å². The lowest BCUT2D eigenvalue weighted by molar-refractivity contribution is -0.385. The SMILES string of the molecule is N#Cc1c(OC[C@H]2CCCCN2)cccc1[N+](=O)[O-].O=C(O)C(F)(F)F. The fraction of sp³-hybridized carbons (Fsp3) is 0.467. The predicted octanol–water partition coefficient (Wildman–Crippen LogP) is 2.62. The van der Waals surface area contributed by atoms with Crippen molar-refractivity contribution < 1.29 is 32.7 Å². The maximum absolute atomic E-state index is 10.8. The Hall–Kier alpha value is -2.87. The van der Waals surface area contributed by atoms with E-state index in [4.69, 9.17) is 19.9 Å². The first-order valence-electron chi connectivity index (χ1n) is 7.50. The Morgan fingerprint density at radius 1 is 1.46 bits per heavy atom. The summed E-state index contributed by atoms with van der Waals surface area (Å²) in [6.45, 7) is 1.39. The van der Waals surface area contributed by atoms with Crippen LogP contribution in [0.1, 0.15) is 24.8 Å². The molecule has 1 aliphatic heterocycles. The average molecular weight is 375 g/mol. The maximum atomic E-state index is 10.8. The Balaban J connectivity index is 0.000000412. The van der Waals surface area contributed by atoms with Crippen LogP contribution in [0.5, 0.6) is 5.75 Å². The van der Waals surface area contributed by atoms with Crippen LogP contribution in [0, 0.1) is 21.4 Å². The molecule has 0 aromatic heterocycles. The highest BCUT2D eigenvalue weighted by Gasteiger charge is 2.38. The summed E-state index contributed by atoms with van der Waals surface area (Å²) >= 11 is 0. The number of nitro benzene ring substituents is 1. The zero-order valence-electron chi connectivity index (χ0n) is 13.5. The van der Waals surface area contributed by atoms with Crippen LogP contribution in [-0.2, 0) is 4.79 Å². The number of ether oxygens (including phenoxy) is 1. The van der Waals surface area contributed by atoms with E-state index in [0.717, 1.165) is 25.8 Å². The van der Waals surface area contributed by atoms with Gasteiger partial charge in [0.25, 0.3) is 5.69 Å². The Kier molecular flexibility index (Phi) is 7.79. The van der Waals surface area contributed by atoms with Crippen molar-refractivity contribution in [2.75, 3.05) is 13.2 Å². The summed E-state index contributed by atoms with van der Waals surface area (Å²) in [6, 6.07) is 6.53. The monoisotopic (exact) mass is 375 g/mol. The zero-order chi connectivity index (χ0) is 19.7. The molecule has 0 amide bonds. The number of carbonyl (C=O) groups is 1. The van der Waals surface area contributed by atoms with Gasteiger partial charge < -0.3 is 15.2 Å². The first-order valence-corrected chi connectivity index (χ1v) is 7.50. The number of piperidine rings is 1. The number of hydrogen-bond donors (Lipinski definition) is 2. The molecule has 0 unspecified atom stereocenters. The summed E-state index contributed by atoms with van der Waals surface area (Å²) in [4.78, 5) is 19.2. The van der Waals surface area contributed by atoms with Gasteiger partial charge in [-0.2, -0.15) is 18.4 Å². The van der Waals surface area contributed by atoms with Gasteiger partial charge in [-0.05, 0) is 25.5 Å². The van der Waals surface area contributed by atoms with Crippen LogP contribution in [0.15, 0.2) is 18.2 Å². The molecule has 26 heavy (non-hydrogen) atoms. The number of alkyl halides is 3. The Bertz CT molecular complexity index is 682. The van der Waals surface area contributed by atoms with Gasteiger partial charge in [-0.3, -0.25) is 10.1 Å². The highest BCUT2D eigenvalue weighted by Crippen LogP contribution is 2.27. The van der Waals surface area contributed by atoms with Gasteiger partial charge in [0.15, 0.2) is 5.56 Å². The van der Waals surface area contributed by atoms with Crippen molar-refractivity contribution >= 4 is 11.7 Å². The molecule has 0 aliphatic carbocycles. The summed E-state index contributed by atoms with van der Waals surface area (Å²) in [7, 11) is 0. The van der Waals surface area contributed by atoms with Crippen molar-refractivity contribution in [2.24, 2.45) is 0 Å². The van der Waals surface area contributed by atoms with E-state index in [0.29, 0.717) is 6.61 Å². The standard InChI is InChI=1S/C13H15N3O3.C2HF3O2/c14-8-11-12(16(17)18)5-3-6-13(11)19-9-10-4-1-2-7-15-10;3-2(4,5)1(6)7/h3,5-6,10,15H,1-2,4,7,9H2;(H,6,7)/t10-;/m1./s1. The lowest BCUT2D eigenvalue weighted by Crippen LogP contribution is -2.38. The number of nitro groups is 1. The minimum absolute atomic E-state index is 0.0108. The average Bonchev–Trinajstić information content (AvgIpc) is 2.60. The second-order valence-corrected chi connectivity index (χ2v) is 5.28. The van der Waals surface area contributed by atoms with Gasteiger partial charge in [-0.25, -0.2) is 4.79 Å². The van der Waals surface area contributed by atoms with Crippen molar-refractivity contribution in [1.82, 2.24) is 5.32 Å². The Morgan fingerprint density at radius 2 is 2.12 bits per heavy atom. The summed E-state index contributed by atoms with van der Waals surface area (Å²) in [5.74, 6) is -2.48. The number of aliphatic carboxylic acids is 1. The summed E-state index contributed by atoms with van der Waals surface area (Å²) in [5.41, 5.74) is -0.222. The van der Waals surface area contributed by atoms with Crippen LogP contribution in [0.2, 0.25) is 0 Å². The first kappa shape index (κ1) is 21.2. The van der Waals surface area contributed by atoms with Gasteiger partial charge in [-0.15, -0.1) is 0 Å². The highest BCUT2D eigenvalue weighted by atomic mass is 19.4. The summed E-state index contributed by atoms with van der Waals surface area (Å²) < 4.78 is 37.3. The first-order chi connectivity index (χ1) is 12.2. The highest BCUT2D eigenvalue weighted by molar-refractivity contribution is 5.73. The van der Waals surface area contributed by atoms with Gasteiger partial charge in [-0.1, -0.05) is 12.5 Å². The molecular formula is C15H16F3N3O5. The molecule has 1 aromatic carbocycles. The fourth-order valence-corrected chi connectivity index (χ4v) is 2.16. The van der Waals surface area contributed by atoms with Gasteiger partial charge in [0, 0.05) is 12.1 Å². The van der Waals surface area contributed by atoms with Gasteiger partial charge in [0.1, 0.15) is 18.4 Å². The third-order valence-corrected chi connectivity index (χ3v) is 3.41. The minimum atomic E-state index is -5.08. The molecule has 2 N–H and O–H groups in total. The molecule has 1 fully saturated rings. The topological polar surface area (TPSA) is 125 Å². The number of nitriles is 1. The third kappa shape index (κ3) is 6.56. The van der Waals surface area contributed by atoms with E-state index in [-0.39, 0.29) is 23.0 Å². The number of nitrogens with zero attached hydrogens (tertiary/aromatic N) is 2. The van der Waals surface area contributed by atoms with Crippen LogP contribution in [0.25, 0.3) is 0 Å². The number of hydrogen-bond acceptors (Lipinski definition) is 6. The molecule has 2 rings (SSSR count). The van der Waals surface area contributed by atoms with E-state index >= 15 is 0 Å². The smallest absolute Gasteiger partial charge is 0.490 e. The largest absolute Gasteiger partial charge is 0.490 e. The van der Waals surface area contributed by atoms with E-state index in [1.807, 2.05) is 6.07 Å². The van der Waals surface area contributed by atoms with Crippen molar-refractivity contribution in [3.8, 4) is 11.8 Å². The van der Waals surface area contributed by atoms with E-state index in [1.165, 1.54) is 12.1 Å². The minimum Gasteiger partial charge on any atom is -0.490 e. The molecule has 1 atom stereocenters. The molecule has 1 aliphatic rings. The van der Waals surface area contributed by atoms with E-state index in [2.05, 4.69) is 5.32 Å². The van der Waals surface area contributed by atoms with Crippen LogP contribution >= 0.6 is 0 Å². The van der Waals surface area contributed by atoms with Crippen LogP contribution < -0.4 is 10.1 Å². The van der Waals surface area contributed by atoms with Crippen molar-refractivity contribution in [3.05, 3.63) is 33.9 Å². The quantitative estimate of drug-likeness (QED) is 0.612. The van der Waals surface area contributed by atoms with E-state index in [1.54, 1.807) is 6.07 Å². The molecule has 0 spiro atoms. The molecule has 1 heterocycles. The molecule has 142 valence electrons. The van der Waals surface area contributed by atoms with Gasteiger partial charge in [0.2, 0.25) is 0 Å². The summed E-state index contributed by atoms with van der Waals surface area (Å²) in [5, 5.41) is 30.3. The molecule has 1 aromatic rings. The molecule has 0 bridgehead atoms. The number of carboxylic acids is 1. The van der Waals surface area contributed by atoms with Crippen molar-refractivity contribution in [2.45, 2.75) is 31.5 Å². The third-order valence-electron chi connectivity index (χ3n) is 3.41. The van der Waals surface area contributed by atoms with Gasteiger partial charge >= 0.3 is 12.1 Å². The predicted molar refractivity (Wildman–Crippen MR) is 82.6 cm³/mol. The number of benzene rings is 1. The number of halogens is 3. The number of carboxylic acid groups (broad SMARTS) is 1. The van der Waals surface area contributed by atoms with E-state index < -0.39 is 17.1 Å². The fourth-order valence-electron chi connectivity index (χ4n) is 2.16. The lowest BCUT2D eigenvalue weighted by atomic mass is 10.1. The number of rotatable bonds is 4. The Morgan fingerprint density at radius 3 is 2.58 bits per heavy atom. The normalized spacial score (nSPS) is 16.6. The molecule has 8 nitrogen and oxygen atoms in total. The van der Waals surface area contributed by atoms with Crippen LogP contribution in [0.3, 0.4) is 0 Å². The lowest BCUT2D eigenvalue weighted by Gasteiger charge is -2.23. The molecule has 0 radical (unpaired) electrons. The maximum Gasteiger partial charge on any atom is 0.490 e.